The topological polar surface area (TPSA) is 38.9 Å². The lowest BCUT2D eigenvalue weighted by Crippen LogP contribution is -1.89. The number of para-hydroxylation sites is 1. The van der Waals surface area contributed by atoms with E-state index in [1.54, 1.807) is 24.2 Å². The van der Waals surface area contributed by atoms with Gasteiger partial charge in [0.1, 0.15) is 0 Å². The highest BCUT2D eigenvalue weighted by molar-refractivity contribution is 7.98. The molecule has 0 amide bonds. The zero-order valence-corrected chi connectivity index (χ0v) is 10.1. The smallest absolute Gasteiger partial charge is 0.0629 e. The van der Waals surface area contributed by atoms with E-state index in [1.165, 1.54) is 0 Å². The highest BCUT2D eigenvalue weighted by atomic mass is 35.5. The molecular weight excluding hydrogens is 240 g/mol. The lowest BCUT2D eigenvalue weighted by molar-refractivity contribution is 1.27. The maximum Gasteiger partial charge on any atom is 0.0629 e. The van der Waals surface area contributed by atoms with Gasteiger partial charge in [-0.3, -0.25) is 4.98 Å². The first-order chi connectivity index (χ1) is 7.77. The van der Waals surface area contributed by atoms with Crippen LogP contribution in [-0.2, 0) is 5.75 Å². The molecule has 1 heterocycles. The third-order valence-corrected chi connectivity index (χ3v) is 3.64. The highest BCUT2D eigenvalue weighted by Gasteiger charge is 2.02. The van der Waals surface area contributed by atoms with Crippen LogP contribution in [0.2, 0.25) is 5.02 Å². The van der Waals surface area contributed by atoms with Crippen molar-refractivity contribution in [1.82, 2.24) is 4.98 Å². The number of nitrogens with zero attached hydrogens (tertiary/aromatic N) is 1. The van der Waals surface area contributed by atoms with Crippen LogP contribution < -0.4 is 5.73 Å². The van der Waals surface area contributed by atoms with Gasteiger partial charge in [-0.2, -0.15) is 0 Å². The second-order valence-electron chi connectivity index (χ2n) is 3.29. The minimum absolute atomic E-state index is 0.699. The molecule has 0 fully saturated rings. The summed E-state index contributed by atoms with van der Waals surface area (Å²) in [6.45, 7) is 0. The summed E-state index contributed by atoms with van der Waals surface area (Å²) in [5.74, 6) is 0.801. The number of thioether (sulfide) groups is 1. The third-order valence-electron chi connectivity index (χ3n) is 2.16. The van der Waals surface area contributed by atoms with Gasteiger partial charge in [0.15, 0.2) is 0 Å². The minimum atomic E-state index is 0.699. The summed E-state index contributed by atoms with van der Waals surface area (Å²) in [7, 11) is 0. The molecule has 0 saturated carbocycles. The number of halogens is 1. The Morgan fingerprint density at radius 2 is 2.06 bits per heavy atom. The molecule has 0 saturated heterocycles. The fourth-order valence-electron chi connectivity index (χ4n) is 1.29. The van der Waals surface area contributed by atoms with Gasteiger partial charge < -0.3 is 5.73 Å². The molecule has 1 aromatic carbocycles. The van der Waals surface area contributed by atoms with Gasteiger partial charge in [0.2, 0.25) is 0 Å². The molecule has 0 spiro atoms. The summed E-state index contributed by atoms with van der Waals surface area (Å²) < 4.78 is 0. The molecular formula is C12H11ClN2S. The van der Waals surface area contributed by atoms with E-state index in [0.29, 0.717) is 5.02 Å². The second-order valence-corrected chi connectivity index (χ2v) is 4.72. The van der Waals surface area contributed by atoms with Crippen LogP contribution in [0.5, 0.6) is 0 Å². The summed E-state index contributed by atoms with van der Waals surface area (Å²) in [6, 6.07) is 9.74. The predicted molar refractivity (Wildman–Crippen MR) is 69.7 cm³/mol. The molecule has 2 nitrogen and oxygen atoms in total. The van der Waals surface area contributed by atoms with Crippen LogP contribution in [-0.4, -0.2) is 4.98 Å². The van der Waals surface area contributed by atoms with E-state index in [0.717, 1.165) is 21.9 Å². The molecule has 82 valence electrons. The molecule has 0 aliphatic carbocycles. The van der Waals surface area contributed by atoms with E-state index in [9.17, 15) is 0 Å². The molecule has 2 aromatic rings. The Labute approximate surface area is 104 Å². The van der Waals surface area contributed by atoms with Crippen LogP contribution in [0.3, 0.4) is 0 Å². The van der Waals surface area contributed by atoms with Crippen LogP contribution in [0, 0.1) is 0 Å². The van der Waals surface area contributed by atoms with E-state index < -0.39 is 0 Å². The lowest BCUT2D eigenvalue weighted by atomic mass is 10.3. The molecule has 1 aromatic heterocycles. The number of nitrogen functional groups attached to an aromatic ring is 1. The summed E-state index contributed by atoms with van der Waals surface area (Å²) in [5, 5.41) is 0.699. The quantitative estimate of drug-likeness (QED) is 0.668. The summed E-state index contributed by atoms with van der Waals surface area (Å²) >= 11 is 7.70. The van der Waals surface area contributed by atoms with Gasteiger partial charge in [-0.15, -0.1) is 11.8 Å². The second kappa shape index (κ2) is 5.23. The molecule has 0 aliphatic rings. The lowest BCUT2D eigenvalue weighted by Gasteiger charge is -2.05. The molecule has 0 unspecified atom stereocenters. The summed E-state index contributed by atoms with van der Waals surface area (Å²) in [5.41, 5.74) is 7.73. The fourth-order valence-corrected chi connectivity index (χ4v) is 2.53. The van der Waals surface area contributed by atoms with Gasteiger partial charge in [0, 0.05) is 28.7 Å². The molecule has 2 N–H and O–H groups in total. The van der Waals surface area contributed by atoms with Gasteiger partial charge >= 0.3 is 0 Å². The third kappa shape index (κ3) is 2.68. The van der Waals surface area contributed by atoms with E-state index in [1.807, 2.05) is 30.3 Å². The Bertz CT molecular complexity index is 442. The normalized spacial score (nSPS) is 10.3. The maximum absolute atomic E-state index is 6.02. The number of hydrogen-bond acceptors (Lipinski definition) is 3. The van der Waals surface area contributed by atoms with Crippen LogP contribution in [0.1, 0.15) is 5.56 Å². The monoisotopic (exact) mass is 250 g/mol. The van der Waals surface area contributed by atoms with Crippen molar-refractivity contribution in [1.29, 1.82) is 0 Å². The average molecular weight is 251 g/mol. The number of benzene rings is 1. The Hall–Kier alpha value is -1.19. The van der Waals surface area contributed by atoms with Crippen LogP contribution in [0.25, 0.3) is 0 Å². The van der Waals surface area contributed by atoms with E-state index in [2.05, 4.69) is 4.98 Å². The van der Waals surface area contributed by atoms with E-state index in [-0.39, 0.29) is 0 Å². The van der Waals surface area contributed by atoms with Gasteiger partial charge in [-0.1, -0.05) is 23.7 Å². The highest BCUT2D eigenvalue weighted by Crippen LogP contribution is 2.29. The van der Waals surface area contributed by atoms with Gasteiger partial charge in [0.05, 0.1) is 5.02 Å². The Morgan fingerprint density at radius 1 is 1.25 bits per heavy atom. The van der Waals surface area contributed by atoms with Gasteiger partial charge in [-0.25, -0.2) is 0 Å². The Kier molecular flexibility index (Phi) is 3.70. The van der Waals surface area contributed by atoms with Crippen LogP contribution >= 0.6 is 23.4 Å². The molecule has 0 bridgehead atoms. The number of rotatable bonds is 3. The van der Waals surface area contributed by atoms with E-state index in [4.69, 9.17) is 17.3 Å². The zero-order valence-electron chi connectivity index (χ0n) is 8.56. The van der Waals surface area contributed by atoms with Crippen molar-refractivity contribution in [2.24, 2.45) is 0 Å². The zero-order chi connectivity index (χ0) is 11.4. The van der Waals surface area contributed by atoms with Crippen molar-refractivity contribution < 1.29 is 0 Å². The average Bonchev–Trinajstić information content (AvgIpc) is 2.30. The summed E-state index contributed by atoms with van der Waals surface area (Å²) in [6.07, 6.45) is 3.40. The first-order valence-electron chi connectivity index (χ1n) is 4.83. The Morgan fingerprint density at radius 3 is 2.81 bits per heavy atom. The van der Waals surface area contributed by atoms with Crippen molar-refractivity contribution in [2.75, 3.05) is 5.73 Å². The number of pyridine rings is 1. The predicted octanol–water partition coefficient (Wildman–Crippen LogP) is 3.61. The standard InChI is InChI=1S/C12H11ClN2S/c13-10-7-15-6-5-9(10)8-16-12-4-2-1-3-11(12)14/h1-7H,8,14H2. The van der Waals surface area contributed by atoms with Crippen molar-refractivity contribution in [3.8, 4) is 0 Å². The molecule has 2 rings (SSSR count). The largest absolute Gasteiger partial charge is 0.398 e. The fraction of sp³-hybridized carbons (Fsp3) is 0.0833. The van der Waals surface area contributed by atoms with E-state index >= 15 is 0 Å². The molecule has 0 radical (unpaired) electrons. The van der Waals surface area contributed by atoms with Crippen molar-refractivity contribution >= 4 is 29.1 Å². The molecule has 4 heteroatoms. The van der Waals surface area contributed by atoms with Gasteiger partial charge in [-0.05, 0) is 23.8 Å². The van der Waals surface area contributed by atoms with Crippen molar-refractivity contribution in [3.63, 3.8) is 0 Å². The SMILES string of the molecule is Nc1ccccc1SCc1ccncc1Cl. The molecule has 16 heavy (non-hydrogen) atoms. The number of nitrogens with two attached hydrogens (primary N) is 1. The van der Waals surface area contributed by atoms with Crippen LogP contribution in [0.15, 0.2) is 47.6 Å². The van der Waals surface area contributed by atoms with Crippen LogP contribution in [0.4, 0.5) is 5.69 Å². The number of hydrogen-bond donors (Lipinski definition) is 1. The van der Waals surface area contributed by atoms with Crippen molar-refractivity contribution in [3.05, 3.63) is 53.3 Å². The first kappa shape index (κ1) is 11.3. The molecule has 0 aliphatic heterocycles. The molecule has 0 atom stereocenters. The number of anilines is 1. The summed E-state index contributed by atoms with van der Waals surface area (Å²) in [4.78, 5) is 5.03. The number of aromatic nitrogens is 1. The minimum Gasteiger partial charge on any atom is -0.398 e. The van der Waals surface area contributed by atoms with Gasteiger partial charge in [0.25, 0.3) is 0 Å². The first-order valence-corrected chi connectivity index (χ1v) is 6.19. The van der Waals surface area contributed by atoms with Crippen molar-refractivity contribution in [2.45, 2.75) is 10.6 Å². The Balaban J connectivity index is 2.09. The maximum atomic E-state index is 6.02.